The first kappa shape index (κ1) is 30.7. The summed E-state index contributed by atoms with van der Waals surface area (Å²) in [5.41, 5.74) is 4.98. The minimum absolute atomic E-state index is 0.0205. The van der Waals surface area contributed by atoms with E-state index >= 15 is 0 Å². The number of azo groups is 1. The zero-order valence-electron chi connectivity index (χ0n) is 22.3. The van der Waals surface area contributed by atoms with Gasteiger partial charge in [-0.1, -0.05) is 18.6 Å². The fourth-order valence-corrected chi connectivity index (χ4v) is 3.33. The van der Waals surface area contributed by atoms with Crippen LogP contribution in [-0.2, 0) is 20.7 Å². The van der Waals surface area contributed by atoms with Gasteiger partial charge in [-0.3, -0.25) is 15.0 Å². The second-order valence-corrected chi connectivity index (χ2v) is 9.67. The van der Waals surface area contributed by atoms with Gasteiger partial charge in [-0.15, -0.1) is 5.11 Å². The monoisotopic (exact) mass is 541 g/mol. The summed E-state index contributed by atoms with van der Waals surface area (Å²) in [5.74, 6) is -1.61. The van der Waals surface area contributed by atoms with Crippen LogP contribution in [0.1, 0.15) is 68.8 Å². The van der Waals surface area contributed by atoms with E-state index in [1.165, 1.54) is 18.2 Å². The molecule has 210 valence electrons. The van der Waals surface area contributed by atoms with Crippen molar-refractivity contribution in [1.29, 1.82) is 0 Å². The van der Waals surface area contributed by atoms with E-state index in [1.54, 1.807) is 45.0 Å². The fraction of sp³-hybridized carbons (Fsp3) is 0.407. The molecule has 12 nitrogen and oxygen atoms in total. The standard InChI is InChI=1S/C27H35N5O7/c1-27(2,3)39-26(38)32-31-24(35)11-5-4-8-16-28-23(34)15-12-18-17-19(13-14-22(18)33)29-30-21-10-7-6-9-20(21)25(36)37/h6-7,9-10,13-14,17,33H,4-5,8,11-12,15-16H2,1-3H3,(H,28,34)(H,31,35)(H,32,38)(H,36,37). The minimum atomic E-state index is -1.11. The Balaban J connectivity index is 1.68. The number of carbonyl (C=O) groups is 4. The number of carboxylic acid groups (broad SMARTS) is 1. The smallest absolute Gasteiger partial charge is 0.426 e. The van der Waals surface area contributed by atoms with E-state index in [2.05, 4.69) is 26.4 Å². The molecule has 0 fully saturated rings. The molecule has 0 unspecified atom stereocenters. The Kier molecular flexibility index (Phi) is 11.9. The Morgan fingerprint density at radius 3 is 2.36 bits per heavy atom. The molecule has 0 aliphatic heterocycles. The summed E-state index contributed by atoms with van der Waals surface area (Å²) in [4.78, 5) is 46.8. The largest absolute Gasteiger partial charge is 0.508 e. The van der Waals surface area contributed by atoms with E-state index in [4.69, 9.17) is 4.74 Å². The van der Waals surface area contributed by atoms with Crippen LogP contribution in [0.25, 0.3) is 0 Å². The van der Waals surface area contributed by atoms with Crippen LogP contribution in [0.3, 0.4) is 0 Å². The van der Waals surface area contributed by atoms with Gasteiger partial charge in [0.1, 0.15) is 17.0 Å². The first-order valence-corrected chi connectivity index (χ1v) is 12.5. The molecule has 39 heavy (non-hydrogen) atoms. The molecule has 0 saturated heterocycles. The molecule has 5 N–H and O–H groups in total. The summed E-state index contributed by atoms with van der Waals surface area (Å²) < 4.78 is 5.02. The maximum atomic E-state index is 12.2. The molecule has 2 aromatic carbocycles. The number of carbonyl (C=O) groups excluding carboxylic acids is 3. The number of phenolic OH excluding ortho intramolecular Hbond substituents is 1. The maximum Gasteiger partial charge on any atom is 0.426 e. The number of phenols is 1. The number of aromatic hydroxyl groups is 1. The highest BCUT2D eigenvalue weighted by molar-refractivity contribution is 5.93. The topological polar surface area (TPSA) is 179 Å². The summed E-state index contributed by atoms with van der Waals surface area (Å²) in [5, 5.41) is 30.3. The van der Waals surface area contributed by atoms with Crippen molar-refractivity contribution in [2.24, 2.45) is 10.2 Å². The van der Waals surface area contributed by atoms with Crippen molar-refractivity contribution < 1.29 is 34.1 Å². The number of unbranched alkanes of at least 4 members (excludes halogenated alkanes) is 2. The lowest BCUT2D eigenvalue weighted by Gasteiger charge is -2.19. The van der Waals surface area contributed by atoms with Crippen LogP contribution in [0.5, 0.6) is 5.75 Å². The fourth-order valence-electron chi connectivity index (χ4n) is 3.33. The third kappa shape index (κ3) is 12.1. The van der Waals surface area contributed by atoms with E-state index < -0.39 is 17.7 Å². The van der Waals surface area contributed by atoms with E-state index in [-0.39, 0.29) is 48.1 Å². The number of hydrogen-bond donors (Lipinski definition) is 5. The number of aryl methyl sites for hydroxylation is 1. The van der Waals surface area contributed by atoms with Crippen molar-refractivity contribution in [2.75, 3.05) is 6.54 Å². The molecule has 0 bridgehead atoms. The number of nitrogens with zero attached hydrogens (tertiary/aromatic N) is 2. The second-order valence-electron chi connectivity index (χ2n) is 9.67. The molecule has 0 radical (unpaired) electrons. The average molecular weight is 542 g/mol. The van der Waals surface area contributed by atoms with Gasteiger partial charge >= 0.3 is 12.1 Å². The Bertz CT molecular complexity index is 1190. The van der Waals surface area contributed by atoms with Gasteiger partial charge in [0, 0.05) is 19.4 Å². The lowest BCUT2D eigenvalue weighted by atomic mass is 10.1. The quantitative estimate of drug-likeness (QED) is 0.147. The predicted molar refractivity (Wildman–Crippen MR) is 143 cm³/mol. The molecule has 12 heteroatoms. The van der Waals surface area contributed by atoms with Crippen LogP contribution in [0.4, 0.5) is 16.2 Å². The van der Waals surface area contributed by atoms with Gasteiger partial charge in [-0.2, -0.15) is 5.11 Å². The predicted octanol–water partition coefficient (Wildman–Crippen LogP) is 4.67. The molecule has 3 amide bonds. The zero-order chi connectivity index (χ0) is 28.8. The van der Waals surface area contributed by atoms with Crippen molar-refractivity contribution in [3.63, 3.8) is 0 Å². The van der Waals surface area contributed by atoms with Crippen LogP contribution in [0, 0.1) is 0 Å². The van der Waals surface area contributed by atoms with Crippen LogP contribution in [-0.4, -0.2) is 46.2 Å². The number of amides is 3. The maximum absolute atomic E-state index is 12.2. The van der Waals surface area contributed by atoms with Gasteiger partial charge in [0.05, 0.1) is 11.3 Å². The van der Waals surface area contributed by atoms with Gasteiger partial charge < -0.3 is 20.3 Å². The van der Waals surface area contributed by atoms with Crippen molar-refractivity contribution in [2.45, 2.75) is 64.9 Å². The molecular weight excluding hydrogens is 506 g/mol. The number of nitrogens with one attached hydrogen (secondary N) is 3. The lowest BCUT2D eigenvalue weighted by Crippen LogP contribution is -2.44. The zero-order valence-corrected chi connectivity index (χ0v) is 22.3. The molecule has 0 heterocycles. The number of aromatic carboxylic acids is 1. The van der Waals surface area contributed by atoms with E-state index in [0.717, 1.165) is 0 Å². The van der Waals surface area contributed by atoms with Gasteiger partial charge in [-0.25, -0.2) is 15.0 Å². The van der Waals surface area contributed by atoms with Crippen molar-refractivity contribution in [1.82, 2.24) is 16.2 Å². The van der Waals surface area contributed by atoms with Gasteiger partial charge in [0.25, 0.3) is 0 Å². The number of benzene rings is 2. The Morgan fingerprint density at radius 2 is 1.64 bits per heavy atom. The third-order valence-corrected chi connectivity index (χ3v) is 5.20. The Hall–Kier alpha value is -4.48. The lowest BCUT2D eigenvalue weighted by molar-refractivity contribution is -0.122. The highest BCUT2D eigenvalue weighted by Crippen LogP contribution is 2.27. The van der Waals surface area contributed by atoms with E-state index in [9.17, 15) is 29.4 Å². The normalized spacial score (nSPS) is 11.2. The van der Waals surface area contributed by atoms with Crippen molar-refractivity contribution in [3.8, 4) is 5.75 Å². The minimum Gasteiger partial charge on any atom is -0.508 e. The molecule has 0 aliphatic rings. The summed E-state index contributed by atoms with van der Waals surface area (Å²) in [7, 11) is 0. The van der Waals surface area contributed by atoms with Crippen LogP contribution in [0.2, 0.25) is 0 Å². The SMILES string of the molecule is CC(C)(C)OC(=O)NNC(=O)CCCCCNC(=O)CCc1cc(N=Nc2ccccc2C(=O)O)ccc1O. The molecule has 0 spiro atoms. The summed E-state index contributed by atoms with van der Waals surface area (Å²) in [6.45, 7) is 5.60. The molecule has 2 rings (SSSR count). The number of hydrazine groups is 1. The highest BCUT2D eigenvalue weighted by atomic mass is 16.6. The van der Waals surface area contributed by atoms with Gasteiger partial charge in [-0.05, 0) is 75.9 Å². The Morgan fingerprint density at radius 1 is 0.897 bits per heavy atom. The summed E-state index contributed by atoms with van der Waals surface area (Å²) >= 11 is 0. The van der Waals surface area contributed by atoms with Crippen LogP contribution >= 0.6 is 0 Å². The van der Waals surface area contributed by atoms with Crippen molar-refractivity contribution >= 4 is 35.3 Å². The molecular formula is C27H35N5O7. The number of hydrogen-bond acceptors (Lipinski definition) is 8. The molecule has 2 aromatic rings. The Labute approximate surface area is 226 Å². The molecule has 0 aromatic heterocycles. The molecule has 0 saturated carbocycles. The first-order valence-electron chi connectivity index (χ1n) is 12.5. The average Bonchev–Trinajstić information content (AvgIpc) is 2.87. The van der Waals surface area contributed by atoms with Crippen LogP contribution < -0.4 is 16.2 Å². The summed E-state index contributed by atoms with van der Waals surface area (Å²) in [6, 6.07) is 10.8. The van der Waals surface area contributed by atoms with Crippen molar-refractivity contribution in [3.05, 3.63) is 53.6 Å². The molecule has 0 atom stereocenters. The van der Waals surface area contributed by atoms with Gasteiger partial charge in [0.15, 0.2) is 0 Å². The first-order chi connectivity index (χ1) is 18.4. The molecule has 0 aliphatic carbocycles. The number of ether oxygens (including phenoxy) is 1. The number of rotatable bonds is 12. The van der Waals surface area contributed by atoms with E-state index in [0.29, 0.717) is 37.1 Å². The second kappa shape index (κ2) is 15.1. The number of carboxylic acids is 1. The van der Waals surface area contributed by atoms with E-state index in [1.807, 2.05) is 0 Å². The summed E-state index contributed by atoms with van der Waals surface area (Å²) in [6.07, 6.45) is 1.88. The highest BCUT2D eigenvalue weighted by Gasteiger charge is 2.16. The van der Waals surface area contributed by atoms with Gasteiger partial charge in [0.2, 0.25) is 11.8 Å². The third-order valence-electron chi connectivity index (χ3n) is 5.20. The van der Waals surface area contributed by atoms with Crippen LogP contribution in [0.15, 0.2) is 52.7 Å².